The third kappa shape index (κ3) is 4.43. The van der Waals surface area contributed by atoms with Gasteiger partial charge in [0, 0.05) is 0 Å². The number of rotatable bonds is 6. The van der Waals surface area contributed by atoms with E-state index >= 15 is 0 Å². The molecule has 3 nitrogen and oxygen atoms in total. The molecule has 0 bridgehead atoms. The summed E-state index contributed by atoms with van der Waals surface area (Å²) in [5.41, 5.74) is 1.29. The highest BCUT2D eigenvalue weighted by Gasteiger charge is 2.16. The maximum atomic E-state index is 13.0. The first kappa shape index (κ1) is 15.8. The van der Waals surface area contributed by atoms with Crippen molar-refractivity contribution >= 4 is 11.6 Å². The standard InChI is InChI=1S/C16H16ClFO3/c17-9-15(19)16(20)12-4-6-14(7-5-12)21-10-11-2-1-3-13(18)8-11/h1-8,15-16,19-20H,9-10H2. The van der Waals surface area contributed by atoms with Crippen LogP contribution in [0, 0.1) is 5.82 Å². The summed E-state index contributed by atoms with van der Waals surface area (Å²) < 4.78 is 18.6. The minimum atomic E-state index is -1.03. The van der Waals surface area contributed by atoms with Crippen LogP contribution in [-0.4, -0.2) is 22.2 Å². The number of halogens is 2. The first-order valence-electron chi connectivity index (χ1n) is 6.49. The predicted molar refractivity (Wildman–Crippen MR) is 78.9 cm³/mol. The highest BCUT2D eigenvalue weighted by molar-refractivity contribution is 6.18. The van der Waals surface area contributed by atoms with Crippen molar-refractivity contribution < 1.29 is 19.3 Å². The zero-order valence-electron chi connectivity index (χ0n) is 11.2. The molecule has 0 heterocycles. The van der Waals surface area contributed by atoms with Crippen LogP contribution in [0.4, 0.5) is 4.39 Å². The van der Waals surface area contributed by atoms with E-state index in [-0.39, 0.29) is 18.3 Å². The monoisotopic (exact) mass is 310 g/mol. The van der Waals surface area contributed by atoms with Crippen LogP contribution in [0.1, 0.15) is 17.2 Å². The Morgan fingerprint density at radius 1 is 1.10 bits per heavy atom. The molecule has 0 amide bonds. The SMILES string of the molecule is OC(CCl)C(O)c1ccc(OCc2cccc(F)c2)cc1. The zero-order valence-corrected chi connectivity index (χ0v) is 12.0. The molecule has 2 aromatic carbocycles. The van der Waals surface area contributed by atoms with Crippen LogP contribution in [0.15, 0.2) is 48.5 Å². The first-order valence-corrected chi connectivity index (χ1v) is 7.03. The van der Waals surface area contributed by atoms with Crippen LogP contribution < -0.4 is 4.74 Å². The lowest BCUT2D eigenvalue weighted by Gasteiger charge is -2.16. The Bertz CT molecular complexity index is 574. The molecule has 2 aromatic rings. The van der Waals surface area contributed by atoms with Crippen molar-refractivity contribution in [3.63, 3.8) is 0 Å². The molecular formula is C16H16ClFO3. The Hall–Kier alpha value is -1.62. The minimum absolute atomic E-state index is 0.0427. The summed E-state index contributed by atoms with van der Waals surface area (Å²) >= 11 is 5.49. The molecule has 2 rings (SSSR count). The largest absolute Gasteiger partial charge is 0.489 e. The van der Waals surface area contributed by atoms with E-state index in [4.69, 9.17) is 16.3 Å². The van der Waals surface area contributed by atoms with E-state index in [1.165, 1.54) is 12.1 Å². The molecule has 0 aliphatic carbocycles. The fourth-order valence-corrected chi connectivity index (χ4v) is 2.03. The van der Waals surface area contributed by atoms with Gasteiger partial charge < -0.3 is 14.9 Å². The molecule has 5 heteroatoms. The molecule has 0 radical (unpaired) electrons. The van der Waals surface area contributed by atoms with Crippen molar-refractivity contribution in [2.45, 2.75) is 18.8 Å². The van der Waals surface area contributed by atoms with E-state index in [2.05, 4.69) is 0 Å². The summed E-state index contributed by atoms with van der Waals surface area (Å²) in [6.07, 6.45) is -2.04. The Labute approximate surface area is 127 Å². The lowest BCUT2D eigenvalue weighted by atomic mass is 10.1. The van der Waals surface area contributed by atoms with Gasteiger partial charge in [0.2, 0.25) is 0 Å². The lowest BCUT2D eigenvalue weighted by Crippen LogP contribution is -2.19. The molecule has 0 spiro atoms. The molecule has 0 aliphatic heterocycles. The van der Waals surface area contributed by atoms with Gasteiger partial charge in [-0.1, -0.05) is 24.3 Å². The highest BCUT2D eigenvalue weighted by Crippen LogP contribution is 2.21. The number of ether oxygens (including phenoxy) is 1. The van der Waals surface area contributed by atoms with E-state index in [0.717, 1.165) is 5.56 Å². The normalized spacial score (nSPS) is 13.7. The highest BCUT2D eigenvalue weighted by atomic mass is 35.5. The summed E-state index contributed by atoms with van der Waals surface area (Å²) in [6.45, 7) is 0.254. The number of benzene rings is 2. The van der Waals surface area contributed by atoms with Crippen LogP contribution in [0.25, 0.3) is 0 Å². The van der Waals surface area contributed by atoms with E-state index < -0.39 is 12.2 Å². The summed E-state index contributed by atoms with van der Waals surface area (Å²) in [5, 5.41) is 19.3. The maximum Gasteiger partial charge on any atom is 0.123 e. The average Bonchev–Trinajstić information content (AvgIpc) is 2.52. The predicted octanol–water partition coefficient (Wildman–Crippen LogP) is 3.04. The molecule has 0 aliphatic rings. The van der Waals surface area contributed by atoms with Gasteiger partial charge in [0.25, 0.3) is 0 Å². The van der Waals surface area contributed by atoms with E-state index in [0.29, 0.717) is 11.3 Å². The van der Waals surface area contributed by atoms with Crippen LogP contribution in [0.5, 0.6) is 5.75 Å². The van der Waals surface area contributed by atoms with Gasteiger partial charge >= 0.3 is 0 Å². The van der Waals surface area contributed by atoms with Crippen LogP contribution >= 0.6 is 11.6 Å². The first-order chi connectivity index (χ1) is 10.1. The van der Waals surface area contributed by atoms with E-state index in [9.17, 15) is 14.6 Å². The summed E-state index contributed by atoms with van der Waals surface area (Å²) in [4.78, 5) is 0. The van der Waals surface area contributed by atoms with Gasteiger partial charge in [0.05, 0.1) is 12.0 Å². The third-order valence-corrected chi connectivity index (χ3v) is 3.35. The van der Waals surface area contributed by atoms with Gasteiger partial charge in [-0.2, -0.15) is 0 Å². The average molecular weight is 311 g/mol. The second kappa shape index (κ2) is 7.41. The maximum absolute atomic E-state index is 13.0. The molecular weight excluding hydrogens is 295 g/mol. The fraction of sp³-hybridized carbons (Fsp3) is 0.250. The van der Waals surface area contributed by atoms with Gasteiger partial charge in [-0.15, -0.1) is 11.6 Å². The number of hydrogen-bond acceptors (Lipinski definition) is 3. The second-order valence-electron chi connectivity index (χ2n) is 4.65. The Balaban J connectivity index is 1.96. The Kier molecular flexibility index (Phi) is 5.56. The van der Waals surface area contributed by atoms with E-state index in [1.54, 1.807) is 36.4 Å². The number of aliphatic hydroxyl groups is 2. The molecule has 0 fully saturated rings. The Morgan fingerprint density at radius 2 is 1.81 bits per heavy atom. The topological polar surface area (TPSA) is 49.7 Å². The molecule has 112 valence electrons. The van der Waals surface area contributed by atoms with Crippen molar-refractivity contribution in [3.05, 3.63) is 65.5 Å². The summed E-state index contributed by atoms with van der Waals surface area (Å²) in [7, 11) is 0. The molecule has 21 heavy (non-hydrogen) atoms. The second-order valence-corrected chi connectivity index (χ2v) is 4.96. The van der Waals surface area contributed by atoms with E-state index in [1.807, 2.05) is 0 Å². The van der Waals surface area contributed by atoms with Crippen molar-refractivity contribution in [1.29, 1.82) is 0 Å². The van der Waals surface area contributed by atoms with Crippen molar-refractivity contribution in [2.24, 2.45) is 0 Å². The van der Waals surface area contributed by atoms with Crippen molar-refractivity contribution in [2.75, 3.05) is 5.88 Å². The zero-order chi connectivity index (χ0) is 15.2. The van der Waals surface area contributed by atoms with Crippen LogP contribution in [0.3, 0.4) is 0 Å². The minimum Gasteiger partial charge on any atom is -0.489 e. The molecule has 2 unspecified atom stereocenters. The van der Waals surface area contributed by atoms with Gasteiger partial charge in [-0.05, 0) is 35.4 Å². The smallest absolute Gasteiger partial charge is 0.123 e. The molecule has 0 aromatic heterocycles. The molecule has 0 saturated heterocycles. The quantitative estimate of drug-likeness (QED) is 0.806. The Morgan fingerprint density at radius 3 is 2.43 bits per heavy atom. The van der Waals surface area contributed by atoms with Gasteiger partial charge in [0.1, 0.15) is 24.3 Å². The van der Waals surface area contributed by atoms with Gasteiger partial charge in [-0.25, -0.2) is 4.39 Å². The summed E-state index contributed by atoms with van der Waals surface area (Å²) in [5.74, 6) is 0.249. The molecule has 2 atom stereocenters. The molecule has 0 saturated carbocycles. The number of aliphatic hydroxyl groups excluding tert-OH is 2. The third-order valence-electron chi connectivity index (χ3n) is 3.04. The molecule has 2 N–H and O–H groups in total. The van der Waals surface area contributed by atoms with Crippen molar-refractivity contribution in [3.8, 4) is 5.75 Å². The van der Waals surface area contributed by atoms with Crippen LogP contribution in [-0.2, 0) is 6.61 Å². The van der Waals surface area contributed by atoms with Gasteiger partial charge in [0.15, 0.2) is 0 Å². The number of alkyl halides is 1. The summed E-state index contributed by atoms with van der Waals surface area (Å²) in [6, 6.07) is 12.9. The van der Waals surface area contributed by atoms with Crippen LogP contribution in [0.2, 0.25) is 0 Å². The van der Waals surface area contributed by atoms with Crippen molar-refractivity contribution in [1.82, 2.24) is 0 Å². The fourth-order valence-electron chi connectivity index (χ4n) is 1.86. The lowest BCUT2D eigenvalue weighted by molar-refractivity contribution is 0.0327. The number of hydrogen-bond donors (Lipinski definition) is 2. The van der Waals surface area contributed by atoms with Gasteiger partial charge in [-0.3, -0.25) is 0 Å².